The van der Waals surface area contributed by atoms with Gasteiger partial charge in [0.05, 0.1) is 34.3 Å². The van der Waals surface area contributed by atoms with Gasteiger partial charge in [0.15, 0.2) is 11.6 Å². The number of fused-ring (bicyclic) bond motifs is 3. The maximum Gasteiger partial charge on any atom is 0.312 e. The third-order valence-corrected chi connectivity index (χ3v) is 11.4. The van der Waals surface area contributed by atoms with Crippen LogP contribution < -0.4 is 4.74 Å². The van der Waals surface area contributed by atoms with Gasteiger partial charge in [0.1, 0.15) is 29.5 Å². The molecule has 1 aliphatic heterocycles. The van der Waals surface area contributed by atoms with Gasteiger partial charge < -0.3 is 30.3 Å². The van der Waals surface area contributed by atoms with E-state index in [1.165, 1.54) is 23.1 Å². The summed E-state index contributed by atoms with van der Waals surface area (Å²) in [5, 5.41) is 50.9. The Hall–Kier alpha value is -4.60. The zero-order chi connectivity index (χ0) is 36.1. The molecule has 2 fully saturated rings. The molecule has 0 aromatic heterocycles. The number of imide groups is 1. The van der Waals surface area contributed by atoms with Crippen LogP contribution in [0.15, 0.2) is 18.2 Å². The van der Waals surface area contributed by atoms with Crippen LogP contribution in [0, 0.1) is 11.8 Å². The number of esters is 1. The number of amides is 2. The largest absolute Gasteiger partial charge is 0.507 e. The summed E-state index contributed by atoms with van der Waals surface area (Å²) < 4.78 is 5.49. The second kappa shape index (κ2) is 13.6. The van der Waals surface area contributed by atoms with Crippen molar-refractivity contribution in [2.75, 3.05) is 18.9 Å². The number of aromatic hydroxyl groups is 2. The molecule has 1 saturated heterocycles. The van der Waals surface area contributed by atoms with Gasteiger partial charge in [-0.3, -0.25) is 38.5 Å². The number of carbonyl (C=O) groups is 7. The molecule has 5 N–H and O–H groups in total. The number of carboxylic acid groups (broad SMARTS) is 1. The lowest BCUT2D eigenvalue weighted by Gasteiger charge is -2.34. The van der Waals surface area contributed by atoms with E-state index in [0.717, 1.165) is 11.8 Å². The minimum absolute atomic E-state index is 0.0255. The standard InChI is InChI=1S/C35H35NO13S/c37-15-23(38)35(48)10-8-18-20(13-35)31(43)27-28(29(18)41)32(44)26-19(30(27)42)2-1-3-21(26)49-25(40)9-11-50-22-12-24(39)36(33(22)45)14-16-4-6-17(7-5-16)34(46)47/h1-3,16-17,22,37,41,43,48H,4-15H2,(H,46,47)/t16?,17?,22?,35-/m1/s1. The van der Waals surface area contributed by atoms with Crippen molar-refractivity contribution in [2.45, 2.75) is 68.6 Å². The van der Waals surface area contributed by atoms with Crippen LogP contribution in [0.4, 0.5) is 0 Å². The number of hydrogen-bond acceptors (Lipinski definition) is 13. The van der Waals surface area contributed by atoms with E-state index in [1.54, 1.807) is 0 Å². The van der Waals surface area contributed by atoms with Crippen molar-refractivity contribution in [3.8, 4) is 17.2 Å². The van der Waals surface area contributed by atoms with Crippen LogP contribution in [0.5, 0.6) is 17.2 Å². The molecule has 6 rings (SSSR count). The average Bonchev–Trinajstić information content (AvgIpc) is 3.35. The second-order valence-corrected chi connectivity index (χ2v) is 14.5. The van der Waals surface area contributed by atoms with Crippen molar-refractivity contribution in [3.05, 3.63) is 51.6 Å². The van der Waals surface area contributed by atoms with E-state index >= 15 is 0 Å². The van der Waals surface area contributed by atoms with Crippen LogP contribution >= 0.6 is 11.8 Å². The molecular weight excluding hydrogens is 674 g/mol. The number of rotatable bonds is 10. The molecule has 1 unspecified atom stereocenters. The highest BCUT2D eigenvalue weighted by molar-refractivity contribution is 8.00. The van der Waals surface area contributed by atoms with E-state index in [1.807, 2.05) is 0 Å². The van der Waals surface area contributed by atoms with E-state index in [0.29, 0.717) is 25.7 Å². The molecule has 1 saturated carbocycles. The number of carbonyl (C=O) groups excluding carboxylic acids is 6. The number of aliphatic carboxylic acids is 1. The molecule has 50 heavy (non-hydrogen) atoms. The number of phenolic OH excluding ortho intramolecular Hbond substituents is 2. The fourth-order valence-electron chi connectivity index (χ4n) is 7.41. The summed E-state index contributed by atoms with van der Waals surface area (Å²) in [6.45, 7) is -0.717. The molecule has 14 nitrogen and oxygen atoms in total. The third kappa shape index (κ3) is 6.18. The predicted molar refractivity (Wildman–Crippen MR) is 173 cm³/mol. The molecule has 264 valence electrons. The molecule has 2 amide bonds. The Morgan fingerprint density at radius 1 is 0.940 bits per heavy atom. The van der Waals surface area contributed by atoms with E-state index in [-0.39, 0.29) is 83.7 Å². The van der Waals surface area contributed by atoms with Crippen LogP contribution in [-0.4, -0.2) is 101 Å². The number of ketones is 3. The molecule has 0 bridgehead atoms. The summed E-state index contributed by atoms with van der Waals surface area (Å²) in [7, 11) is 0. The summed E-state index contributed by atoms with van der Waals surface area (Å²) in [6.07, 6.45) is 1.14. The highest BCUT2D eigenvalue weighted by Gasteiger charge is 2.46. The lowest BCUT2D eigenvalue weighted by atomic mass is 9.73. The molecular formula is C35H35NO13S. The van der Waals surface area contributed by atoms with E-state index in [9.17, 15) is 59.1 Å². The molecule has 3 aliphatic carbocycles. The minimum Gasteiger partial charge on any atom is -0.507 e. The molecule has 4 aliphatic rings. The third-order valence-electron chi connectivity index (χ3n) is 10.2. The Kier molecular flexibility index (Phi) is 9.59. The number of aliphatic hydroxyl groups is 2. The monoisotopic (exact) mass is 709 g/mol. The number of aliphatic hydroxyl groups excluding tert-OH is 1. The fourth-order valence-corrected chi connectivity index (χ4v) is 8.51. The molecule has 15 heteroatoms. The first-order valence-electron chi connectivity index (χ1n) is 16.3. The zero-order valence-electron chi connectivity index (χ0n) is 26.8. The Balaban J connectivity index is 1.11. The Morgan fingerprint density at radius 3 is 2.30 bits per heavy atom. The SMILES string of the molecule is O=C(CCSC1CC(=O)N(CC2CCC(C(=O)O)CC2)C1=O)Oc1cccc2c1C(=O)c1c(O)c3c(c(O)c1C2=O)C[C@@](O)(C(=O)CO)CC3. The first kappa shape index (κ1) is 35.2. The zero-order valence-corrected chi connectivity index (χ0v) is 27.6. The molecule has 0 spiro atoms. The highest BCUT2D eigenvalue weighted by atomic mass is 32.2. The molecule has 2 atom stereocenters. The quantitative estimate of drug-likeness (QED) is 0.0873. The number of carboxylic acids is 1. The van der Waals surface area contributed by atoms with Gasteiger partial charge in [-0.15, -0.1) is 11.8 Å². The van der Waals surface area contributed by atoms with Crippen LogP contribution in [0.25, 0.3) is 0 Å². The Bertz CT molecular complexity index is 1850. The van der Waals surface area contributed by atoms with Crippen LogP contribution in [0.3, 0.4) is 0 Å². The number of ether oxygens (including phenoxy) is 1. The summed E-state index contributed by atoms with van der Waals surface area (Å²) >= 11 is 1.12. The predicted octanol–water partition coefficient (Wildman–Crippen LogP) is 1.70. The van der Waals surface area contributed by atoms with Gasteiger partial charge >= 0.3 is 11.9 Å². The fraction of sp³-hybridized carbons (Fsp3) is 0.457. The van der Waals surface area contributed by atoms with E-state index in [4.69, 9.17) is 4.74 Å². The molecule has 0 radical (unpaired) electrons. The summed E-state index contributed by atoms with van der Waals surface area (Å²) in [5.74, 6) is -6.73. The van der Waals surface area contributed by atoms with Crippen LogP contribution in [-0.2, 0) is 36.8 Å². The molecule has 2 aromatic rings. The summed E-state index contributed by atoms with van der Waals surface area (Å²) in [4.78, 5) is 90.7. The number of hydrogen-bond donors (Lipinski definition) is 5. The normalized spacial score (nSPS) is 24.4. The molecule has 2 aromatic carbocycles. The van der Waals surface area contributed by atoms with Crippen molar-refractivity contribution in [1.29, 1.82) is 0 Å². The average molecular weight is 710 g/mol. The number of phenols is 2. The number of likely N-dealkylation sites (tertiary alicyclic amines) is 1. The molecule has 1 heterocycles. The first-order chi connectivity index (χ1) is 23.7. The number of nitrogens with zero attached hydrogens (tertiary/aromatic N) is 1. The van der Waals surface area contributed by atoms with Gasteiger partial charge in [-0.05, 0) is 50.5 Å². The van der Waals surface area contributed by atoms with Crippen LogP contribution in [0.2, 0.25) is 0 Å². The van der Waals surface area contributed by atoms with Gasteiger partial charge in [-0.25, -0.2) is 0 Å². The van der Waals surface area contributed by atoms with Gasteiger partial charge in [-0.1, -0.05) is 12.1 Å². The maximum atomic E-state index is 13.8. The van der Waals surface area contributed by atoms with Gasteiger partial charge in [0.25, 0.3) is 0 Å². The van der Waals surface area contributed by atoms with Crippen molar-refractivity contribution in [3.63, 3.8) is 0 Å². The van der Waals surface area contributed by atoms with E-state index in [2.05, 4.69) is 0 Å². The van der Waals surface area contributed by atoms with Gasteiger partial charge in [-0.2, -0.15) is 0 Å². The smallest absolute Gasteiger partial charge is 0.312 e. The first-order valence-corrected chi connectivity index (χ1v) is 17.4. The lowest BCUT2D eigenvalue weighted by Crippen LogP contribution is -2.45. The second-order valence-electron chi connectivity index (χ2n) is 13.2. The number of benzene rings is 2. The Morgan fingerprint density at radius 2 is 1.62 bits per heavy atom. The van der Waals surface area contributed by atoms with Crippen molar-refractivity contribution in [1.82, 2.24) is 4.90 Å². The summed E-state index contributed by atoms with van der Waals surface area (Å²) in [6, 6.07) is 3.96. The lowest BCUT2D eigenvalue weighted by molar-refractivity contribution is -0.144. The number of Topliss-reactive ketones (excluding diaryl/α,β-unsaturated/α-hetero) is 1. The van der Waals surface area contributed by atoms with Gasteiger partial charge in [0.2, 0.25) is 17.6 Å². The van der Waals surface area contributed by atoms with Crippen molar-refractivity contribution < 1.29 is 63.8 Å². The van der Waals surface area contributed by atoms with E-state index < -0.39 is 81.7 Å². The number of thioether (sulfide) groups is 1. The maximum absolute atomic E-state index is 13.8. The van der Waals surface area contributed by atoms with Crippen LogP contribution in [0.1, 0.15) is 87.9 Å². The summed E-state index contributed by atoms with van der Waals surface area (Å²) in [5.41, 5.74) is -3.58. The topological polar surface area (TPSA) is 233 Å². The van der Waals surface area contributed by atoms with Crippen molar-refractivity contribution in [2.24, 2.45) is 11.8 Å². The van der Waals surface area contributed by atoms with Gasteiger partial charge in [0, 0.05) is 41.8 Å². The van der Waals surface area contributed by atoms with Crippen molar-refractivity contribution >= 4 is 52.9 Å². The highest BCUT2D eigenvalue weighted by Crippen LogP contribution is 2.48. The minimum atomic E-state index is -2.04. The Labute approximate surface area is 289 Å².